The van der Waals surface area contributed by atoms with Crippen LogP contribution in [0.1, 0.15) is 56.8 Å². The summed E-state index contributed by atoms with van der Waals surface area (Å²) in [5.74, 6) is -2.14. The zero-order valence-electron chi connectivity index (χ0n) is 19.6. The second-order valence-corrected chi connectivity index (χ2v) is 11.8. The Bertz CT molecular complexity index is 1030. The van der Waals surface area contributed by atoms with Gasteiger partial charge in [0.05, 0.1) is 18.4 Å². The van der Waals surface area contributed by atoms with Crippen LogP contribution in [-0.4, -0.2) is 47.3 Å². The van der Waals surface area contributed by atoms with E-state index in [0.717, 1.165) is 16.0 Å². The molecule has 1 aromatic carbocycles. The largest absolute Gasteiger partial charge is 0.477 e. The number of thiophene rings is 1. The van der Waals surface area contributed by atoms with E-state index in [1.54, 1.807) is 52.0 Å². The lowest BCUT2D eigenvalue weighted by Crippen LogP contribution is -2.42. The minimum absolute atomic E-state index is 0.0280. The number of benzene rings is 1. The fourth-order valence-corrected chi connectivity index (χ4v) is 6.39. The fraction of sp³-hybridized carbons (Fsp3) is 0.500. The zero-order valence-corrected chi connectivity index (χ0v) is 21.3. The van der Waals surface area contributed by atoms with Crippen LogP contribution >= 0.6 is 18.8 Å². The molecule has 0 aliphatic rings. The summed E-state index contributed by atoms with van der Waals surface area (Å²) in [7, 11) is -3.55. The molecule has 2 rings (SSSR count). The van der Waals surface area contributed by atoms with Crippen LogP contribution in [0, 0.1) is 0 Å². The maximum absolute atomic E-state index is 13.9. The number of hydrogen-bond acceptors (Lipinski definition) is 7. The molecule has 0 saturated carbocycles. The van der Waals surface area contributed by atoms with Crippen LogP contribution in [0.2, 0.25) is 0 Å². The molecule has 0 aliphatic carbocycles. The number of nitrogens with one attached hydrogen (secondary N) is 2. The molecule has 2 atom stereocenters. The number of fused-ring (bicyclic) bond motifs is 1. The van der Waals surface area contributed by atoms with Gasteiger partial charge in [-0.05, 0) is 70.7 Å². The monoisotopic (exact) mass is 498 g/mol. The molecule has 33 heavy (non-hydrogen) atoms. The number of ether oxygens (including phenoxy) is 2. The molecule has 9 nitrogen and oxygen atoms in total. The van der Waals surface area contributed by atoms with Gasteiger partial charge >= 0.3 is 17.9 Å². The molecule has 0 fully saturated rings. The number of carbonyl (C=O) groups is 3. The lowest BCUT2D eigenvalue weighted by atomic mass is 10.2. The number of carboxylic acid groups (broad SMARTS) is 1. The molecule has 182 valence electrons. The van der Waals surface area contributed by atoms with E-state index in [1.807, 2.05) is 0 Å². The third-order valence-corrected chi connectivity index (χ3v) is 7.94. The Morgan fingerprint density at radius 2 is 1.45 bits per heavy atom. The number of hydrogen-bond donors (Lipinski definition) is 3. The zero-order chi connectivity index (χ0) is 24.9. The number of aromatic carboxylic acids is 1. The van der Waals surface area contributed by atoms with E-state index in [0.29, 0.717) is 10.9 Å². The van der Waals surface area contributed by atoms with Crippen molar-refractivity contribution in [3.63, 3.8) is 0 Å². The highest BCUT2D eigenvalue weighted by atomic mass is 32.1. The lowest BCUT2D eigenvalue weighted by Gasteiger charge is -2.27. The van der Waals surface area contributed by atoms with Crippen molar-refractivity contribution in [2.75, 3.05) is 0 Å². The molecule has 3 N–H and O–H groups in total. The lowest BCUT2D eigenvalue weighted by molar-refractivity contribution is -0.149. The Labute approximate surface area is 197 Å². The van der Waals surface area contributed by atoms with Crippen LogP contribution in [-0.2, 0) is 29.8 Å². The predicted molar refractivity (Wildman–Crippen MR) is 128 cm³/mol. The third-order valence-electron chi connectivity index (χ3n) is 4.41. The third kappa shape index (κ3) is 7.92. The molecule has 0 bridgehead atoms. The van der Waals surface area contributed by atoms with Crippen molar-refractivity contribution in [2.24, 2.45) is 0 Å². The van der Waals surface area contributed by atoms with Gasteiger partial charge in [-0.3, -0.25) is 14.2 Å². The standard InChI is InChI=1S/C22H31N2O7PS/c1-12(2)30-21(27)14(5)23-32(29,24-15(6)22(28)31-13(3)4)11-16-7-8-18-17(9-16)10-19(33-18)20(25)26/h7-10,12-15H,11H2,1-6H3,(H,25,26)(H2,23,24,29)/t14-,15-/m0/s1. The second kappa shape index (κ2) is 11.2. The van der Waals surface area contributed by atoms with Gasteiger partial charge in [0.1, 0.15) is 17.0 Å². The van der Waals surface area contributed by atoms with Gasteiger partial charge in [0.2, 0.25) is 7.44 Å². The van der Waals surface area contributed by atoms with Crippen molar-refractivity contribution in [1.82, 2.24) is 10.2 Å². The van der Waals surface area contributed by atoms with Crippen LogP contribution < -0.4 is 10.2 Å². The molecular weight excluding hydrogens is 467 g/mol. The minimum Gasteiger partial charge on any atom is -0.477 e. The van der Waals surface area contributed by atoms with Crippen LogP contribution in [0.15, 0.2) is 24.3 Å². The number of esters is 2. The first-order chi connectivity index (χ1) is 15.3. The van der Waals surface area contributed by atoms with Gasteiger partial charge in [-0.15, -0.1) is 11.3 Å². The van der Waals surface area contributed by atoms with Gasteiger partial charge in [-0.1, -0.05) is 6.07 Å². The van der Waals surface area contributed by atoms with Gasteiger partial charge in [0, 0.05) is 4.70 Å². The second-order valence-electron chi connectivity index (χ2n) is 8.36. The summed E-state index contributed by atoms with van der Waals surface area (Å²) in [6, 6.07) is 5.02. The molecule has 0 spiro atoms. The highest BCUT2D eigenvalue weighted by Gasteiger charge is 2.32. The molecule has 2 aromatic rings. The van der Waals surface area contributed by atoms with Crippen molar-refractivity contribution in [3.05, 3.63) is 34.7 Å². The van der Waals surface area contributed by atoms with Crippen LogP contribution in [0.25, 0.3) is 10.1 Å². The van der Waals surface area contributed by atoms with Crippen LogP contribution in [0.4, 0.5) is 0 Å². The first kappa shape index (κ1) is 27.0. The molecular formula is C22H31N2O7PS. The van der Waals surface area contributed by atoms with E-state index < -0.39 is 37.4 Å². The van der Waals surface area contributed by atoms with Gasteiger partial charge in [0.25, 0.3) is 0 Å². The van der Waals surface area contributed by atoms with Gasteiger partial charge in [0.15, 0.2) is 0 Å². The molecule has 0 radical (unpaired) electrons. The van der Waals surface area contributed by atoms with Crippen molar-refractivity contribution in [3.8, 4) is 0 Å². The van der Waals surface area contributed by atoms with Crippen LogP contribution in [0.5, 0.6) is 0 Å². The predicted octanol–water partition coefficient (Wildman–Crippen LogP) is 4.15. The van der Waals surface area contributed by atoms with Gasteiger partial charge < -0.3 is 14.6 Å². The van der Waals surface area contributed by atoms with E-state index in [9.17, 15) is 24.1 Å². The summed E-state index contributed by atoms with van der Waals surface area (Å²) in [5, 5.41) is 15.6. The summed E-state index contributed by atoms with van der Waals surface area (Å²) >= 11 is 1.15. The van der Waals surface area contributed by atoms with E-state index in [2.05, 4.69) is 10.2 Å². The first-order valence-electron chi connectivity index (χ1n) is 10.6. The van der Waals surface area contributed by atoms with Gasteiger partial charge in [-0.2, -0.15) is 0 Å². The highest BCUT2D eigenvalue weighted by Crippen LogP contribution is 2.43. The fourth-order valence-electron chi connectivity index (χ4n) is 3.08. The first-order valence-corrected chi connectivity index (χ1v) is 13.3. The summed E-state index contributed by atoms with van der Waals surface area (Å²) in [6.07, 6.45) is -0.697. The van der Waals surface area contributed by atoms with Gasteiger partial charge in [-0.25, -0.2) is 15.0 Å². The Hall–Kier alpha value is -2.26. The summed E-state index contributed by atoms with van der Waals surface area (Å²) in [6.45, 7) is 9.94. The van der Waals surface area contributed by atoms with E-state index in [-0.39, 0.29) is 23.2 Å². The quantitative estimate of drug-likeness (QED) is 0.309. The number of rotatable bonds is 11. The molecule has 0 aliphatic heterocycles. The summed E-state index contributed by atoms with van der Waals surface area (Å²) in [5.41, 5.74) is 0.648. The van der Waals surface area contributed by atoms with E-state index in [1.165, 1.54) is 13.8 Å². The Morgan fingerprint density at radius 1 is 0.939 bits per heavy atom. The molecule has 1 aromatic heterocycles. The minimum atomic E-state index is -3.55. The Balaban J connectivity index is 2.31. The Kier molecular flexibility index (Phi) is 9.20. The molecule has 0 amide bonds. The average molecular weight is 499 g/mol. The highest BCUT2D eigenvalue weighted by molar-refractivity contribution is 7.59. The summed E-state index contributed by atoms with van der Waals surface area (Å²) < 4.78 is 25.1. The molecule has 0 saturated heterocycles. The SMILES string of the molecule is CC(C)OC(=O)[C@H](C)NP(=O)(Cc1ccc2sc(C(=O)O)cc2c1)N[C@@H](C)C(=O)OC(C)C. The number of carbonyl (C=O) groups excluding carboxylic acids is 2. The normalized spacial score (nSPS) is 13.8. The van der Waals surface area contributed by atoms with Crippen molar-refractivity contribution >= 4 is 46.8 Å². The van der Waals surface area contributed by atoms with Crippen molar-refractivity contribution in [2.45, 2.75) is 72.0 Å². The molecule has 11 heteroatoms. The van der Waals surface area contributed by atoms with Crippen molar-refractivity contribution in [1.29, 1.82) is 0 Å². The average Bonchev–Trinajstić information content (AvgIpc) is 3.10. The topological polar surface area (TPSA) is 131 Å². The Morgan fingerprint density at radius 3 is 1.91 bits per heavy atom. The molecule has 0 unspecified atom stereocenters. The maximum Gasteiger partial charge on any atom is 0.345 e. The molecule has 1 heterocycles. The van der Waals surface area contributed by atoms with E-state index >= 15 is 0 Å². The van der Waals surface area contributed by atoms with Crippen LogP contribution in [0.3, 0.4) is 0 Å². The van der Waals surface area contributed by atoms with Crippen molar-refractivity contribution < 1.29 is 33.5 Å². The smallest absolute Gasteiger partial charge is 0.345 e. The summed E-state index contributed by atoms with van der Waals surface area (Å²) in [4.78, 5) is 36.1. The number of carboxylic acids is 1. The maximum atomic E-state index is 13.9. The van der Waals surface area contributed by atoms with E-state index in [4.69, 9.17) is 9.47 Å².